The molecule has 0 unspecified atom stereocenters. The minimum absolute atomic E-state index is 0.128. The van der Waals surface area contributed by atoms with E-state index in [4.69, 9.17) is 5.11 Å². The van der Waals surface area contributed by atoms with Gasteiger partial charge in [-0.05, 0) is 25.0 Å². The van der Waals surface area contributed by atoms with Gasteiger partial charge in [-0.3, -0.25) is 0 Å². The van der Waals surface area contributed by atoms with E-state index in [1.807, 2.05) is 0 Å². The summed E-state index contributed by atoms with van der Waals surface area (Å²) < 4.78 is 40.2. The molecule has 0 aromatic heterocycles. The van der Waals surface area contributed by atoms with Gasteiger partial charge in [0, 0.05) is 17.6 Å². The van der Waals surface area contributed by atoms with Gasteiger partial charge in [0.25, 0.3) is 0 Å². The molecule has 0 saturated carbocycles. The molecule has 1 aromatic carbocycles. The third kappa shape index (κ3) is 3.25. The highest BCUT2D eigenvalue weighted by Gasteiger charge is 2.33. The Hall–Kier alpha value is -1.03. The maximum absolute atomic E-state index is 14.2. The average molecular weight is 382 g/mol. The summed E-state index contributed by atoms with van der Waals surface area (Å²) in [6.45, 7) is 0.0322. The normalized spacial score (nSPS) is 20.4. The highest BCUT2D eigenvalue weighted by molar-refractivity contribution is 9.10. The molecule has 1 aliphatic rings. The second-order valence-corrected chi connectivity index (χ2v) is 7.55. The van der Waals surface area contributed by atoms with Gasteiger partial charge in [-0.1, -0.05) is 15.9 Å². The Labute approximate surface area is 129 Å². The van der Waals surface area contributed by atoms with E-state index in [1.54, 1.807) is 0 Å². The van der Waals surface area contributed by atoms with Crippen LogP contribution in [0.5, 0.6) is 0 Å². The Morgan fingerprint density at radius 2 is 2.10 bits per heavy atom. The highest BCUT2D eigenvalue weighted by atomic mass is 79.9. The molecule has 1 aromatic rings. The van der Waals surface area contributed by atoms with Crippen LogP contribution in [0.25, 0.3) is 0 Å². The molecule has 0 radical (unpaired) electrons. The van der Waals surface area contributed by atoms with E-state index in [0.717, 1.165) is 16.4 Å². The molecular formula is C12H13BrFNO5S. The number of aromatic carboxylic acids is 1. The predicted molar refractivity (Wildman–Crippen MR) is 75.1 cm³/mol. The number of rotatable bonds is 3. The monoisotopic (exact) mass is 381 g/mol. The third-order valence-corrected chi connectivity index (χ3v) is 5.53. The number of sulfonamides is 1. The zero-order valence-corrected chi connectivity index (χ0v) is 13.2. The Morgan fingerprint density at radius 3 is 2.67 bits per heavy atom. The van der Waals surface area contributed by atoms with E-state index in [2.05, 4.69) is 15.9 Å². The zero-order chi connectivity index (χ0) is 15.8. The van der Waals surface area contributed by atoms with E-state index in [0.29, 0.717) is 12.8 Å². The number of aliphatic hydroxyl groups excluding tert-OH is 1. The van der Waals surface area contributed by atoms with E-state index < -0.39 is 38.4 Å². The van der Waals surface area contributed by atoms with E-state index >= 15 is 0 Å². The predicted octanol–water partition coefficient (Wildman–Crippen LogP) is 1.43. The first-order valence-corrected chi connectivity index (χ1v) is 8.37. The van der Waals surface area contributed by atoms with Crippen molar-refractivity contribution in [3.8, 4) is 0 Å². The summed E-state index contributed by atoms with van der Waals surface area (Å²) in [5.74, 6) is -2.85. The fourth-order valence-electron chi connectivity index (χ4n) is 2.19. The van der Waals surface area contributed by atoms with Crippen molar-refractivity contribution in [1.82, 2.24) is 4.31 Å². The fraction of sp³-hybridized carbons (Fsp3) is 0.417. The molecule has 116 valence electrons. The summed E-state index contributed by atoms with van der Waals surface area (Å²) in [6, 6.07) is 2.03. The molecule has 1 saturated heterocycles. The van der Waals surface area contributed by atoms with Gasteiger partial charge in [0.15, 0.2) is 5.82 Å². The van der Waals surface area contributed by atoms with Crippen LogP contribution < -0.4 is 0 Å². The van der Waals surface area contributed by atoms with Gasteiger partial charge < -0.3 is 10.2 Å². The molecule has 2 rings (SSSR count). The van der Waals surface area contributed by atoms with Crippen molar-refractivity contribution < 1.29 is 27.8 Å². The maximum atomic E-state index is 14.2. The average Bonchev–Trinajstić information content (AvgIpc) is 2.40. The highest BCUT2D eigenvalue weighted by Crippen LogP contribution is 2.28. The second kappa shape index (κ2) is 5.99. The molecule has 21 heavy (non-hydrogen) atoms. The Kier molecular flexibility index (Phi) is 4.66. The van der Waals surface area contributed by atoms with Gasteiger partial charge >= 0.3 is 5.97 Å². The first-order valence-electron chi connectivity index (χ1n) is 6.14. The number of aliphatic hydroxyl groups is 1. The number of hydrogen-bond acceptors (Lipinski definition) is 4. The SMILES string of the molecule is O=C(O)c1cc(Br)cc(S(=O)(=O)N2CCC[C@H](O)C2)c1F. The first kappa shape index (κ1) is 16.3. The van der Waals surface area contributed by atoms with Crippen molar-refractivity contribution >= 4 is 31.9 Å². The number of carbonyl (C=O) groups is 1. The van der Waals surface area contributed by atoms with Crippen LogP contribution >= 0.6 is 15.9 Å². The summed E-state index contributed by atoms with van der Waals surface area (Å²) in [6.07, 6.45) is 0.137. The van der Waals surface area contributed by atoms with Crippen molar-refractivity contribution in [3.05, 3.63) is 28.0 Å². The van der Waals surface area contributed by atoms with Crippen molar-refractivity contribution in [2.24, 2.45) is 0 Å². The van der Waals surface area contributed by atoms with Crippen LogP contribution in [0.3, 0.4) is 0 Å². The molecule has 2 N–H and O–H groups in total. The van der Waals surface area contributed by atoms with Crippen LogP contribution in [0.15, 0.2) is 21.5 Å². The van der Waals surface area contributed by atoms with Crippen LogP contribution in [-0.4, -0.2) is 48.1 Å². The molecule has 6 nitrogen and oxygen atoms in total. The number of halogens is 2. The first-order chi connectivity index (χ1) is 9.73. The van der Waals surface area contributed by atoms with Crippen LogP contribution in [0.2, 0.25) is 0 Å². The van der Waals surface area contributed by atoms with E-state index in [1.165, 1.54) is 0 Å². The van der Waals surface area contributed by atoms with Crippen LogP contribution in [-0.2, 0) is 10.0 Å². The summed E-state index contributed by atoms with van der Waals surface area (Å²) in [7, 11) is -4.20. The van der Waals surface area contributed by atoms with Crippen molar-refractivity contribution in [2.75, 3.05) is 13.1 Å². The Bertz CT molecular complexity index is 678. The van der Waals surface area contributed by atoms with Crippen molar-refractivity contribution in [2.45, 2.75) is 23.8 Å². The molecule has 0 spiro atoms. The van der Waals surface area contributed by atoms with Gasteiger partial charge in [-0.25, -0.2) is 17.6 Å². The lowest BCUT2D eigenvalue weighted by atomic mass is 10.1. The lowest BCUT2D eigenvalue weighted by Crippen LogP contribution is -2.42. The summed E-state index contributed by atoms with van der Waals surface area (Å²) >= 11 is 2.98. The quantitative estimate of drug-likeness (QED) is 0.825. The second-order valence-electron chi connectivity index (χ2n) is 4.73. The number of carboxylic acids is 1. The lowest BCUT2D eigenvalue weighted by Gasteiger charge is -2.29. The van der Waals surface area contributed by atoms with Crippen LogP contribution in [0.4, 0.5) is 4.39 Å². The number of benzene rings is 1. The van der Waals surface area contributed by atoms with Gasteiger partial charge in [-0.2, -0.15) is 4.31 Å². The maximum Gasteiger partial charge on any atom is 0.338 e. The van der Waals surface area contributed by atoms with Gasteiger partial charge in [0.05, 0.1) is 11.7 Å². The number of piperidine rings is 1. The van der Waals surface area contributed by atoms with Gasteiger partial charge in [0.1, 0.15) is 4.90 Å². The summed E-state index contributed by atoms with van der Waals surface area (Å²) in [5, 5.41) is 18.5. The van der Waals surface area contributed by atoms with Crippen LogP contribution in [0.1, 0.15) is 23.2 Å². The fourth-order valence-corrected chi connectivity index (χ4v) is 4.42. The number of nitrogens with zero attached hydrogens (tertiary/aromatic N) is 1. The molecule has 0 amide bonds. The molecule has 0 aliphatic carbocycles. The molecule has 9 heteroatoms. The van der Waals surface area contributed by atoms with E-state index in [9.17, 15) is 22.7 Å². The standard InChI is InChI=1S/C12H13BrFNO5S/c13-7-4-9(12(17)18)11(14)10(5-7)21(19,20)15-3-1-2-8(16)6-15/h4-5,8,16H,1-3,6H2,(H,17,18)/t8-/m0/s1. The summed E-state index contributed by atoms with van der Waals surface area (Å²) in [5.41, 5.74) is -0.722. The van der Waals surface area contributed by atoms with Gasteiger partial charge in [0.2, 0.25) is 10.0 Å². The topological polar surface area (TPSA) is 94.9 Å². The molecule has 1 aliphatic heterocycles. The molecule has 1 heterocycles. The molecule has 1 fully saturated rings. The number of hydrogen-bond donors (Lipinski definition) is 2. The molecule has 1 atom stereocenters. The third-order valence-electron chi connectivity index (χ3n) is 3.21. The van der Waals surface area contributed by atoms with E-state index in [-0.39, 0.29) is 17.6 Å². The Morgan fingerprint density at radius 1 is 1.43 bits per heavy atom. The minimum Gasteiger partial charge on any atom is -0.478 e. The van der Waals surface area contributed by atoms with Crippen LogP contribution in [0, 0.1) is 5.82 Å². The zero-order valence-electron chi connectivity index (χ0n) is 10.8. The smallest absolute Gasteiger partial charge is 0.338 e. The minimum atomic E-state index is -4.20. The molecule has 0 bridgehead atoms. The van der Waals surface area contributed by atoms with Gasteiger partial charge in [-0.15, -0.1) is 0 Å². The largest absolute Gasteiger partial charge is 0.478 e. The summed E-state index contributed by atoms with van der Waals surface area (Å²) in [4.78, 5) is 10.3. The Balaban J connectivity index is 2.52. The molecular weight excluding hydrogens is 369 g/mol. The van der Waals surface area contributed by atoms with Crippen molar-refractivity contribution in [3.63, 3.8) is 0 Å². The lowest BCUT2D eigenvalue weighted by molar-refractivity contribution is 0.0691. The van der Waals surface area contributed by atoms with Crippen molar-refractivity contribution in [1.29, 1.82) is 0 Å². The number of carboxylic acid groups (broad SMARTS) is 1. The number of β-amino-alcohol motifs (C(OH)–C–C–N with tert-alkyl or cyclic N) is 1.